The number of nitriles is 1. The van der Waals surface area contributed by atoms with Gasteiger partial charge in [-0.3, -0.25) is 0 Å². The molecule has 0 spiro atoms. The standard InChI is InChI=1S/C15H13N3O/c1-2-10(9-16)11-5-6-12-13(8-11)18-15(17-12)14-4-3-7-19-14/h3-8,10H,2H2,1H3,(H,17,18). The van der Waals surface area contributed by atoms with Crippen LogP contribution in [0.1, 0.15) is 24.8 Å². The molecule has 1 N–H and O–H groups in total. The highest BCUT2D eigenvalue weighted by Crippen LogP contribution is 2.25. The highest BCUT2D eigenvalue weighted by Gasteiger charge is 2.11. The average Bonchev–Trinajstić information content (AvgIpc) is 3.08. The quantitative estimate of drug-likeness (QED) is 0.769. The Bertz CT molecular complexity index is 734. The maximum Gasteiger partial charge on any atom is 0.174 e. The first-order valence-electron chi connectivity index (χ1n) is 6.25. The van der Waals surface area contributed by atoms with Gasteiger partial charge < -0.3 is 9.40 Å². The summed E-state index contributed by atoms with van der Waals surface area (Å²) in [5.41, 5.74) is 2.83. The Balaban J connectivity index is 2.07. The normalized spacial score (nSPS) is 12.4. The summed E-state index contributed by atoms with van der Waals surface area (Å²) in [6.07, 6.45) is 2.43. The molecule has 1 aromatic carbocycles. The van der Waals surface area contributed by atoms with E-state index in [-0.39, 0.29) is 5.92 Å². The Morgan fingerprint density at radius 3 is 3.00 bits per heavy atom. The summed E-state index contributed by atoms with van der Waals surface area (Å²) in [6.45, 7) is 2.01. The molecule has 0 saturated heterocycles. The molecule has 0 aliphatic heterocycles. The minimum absolute atomic E-state index is 0.0697. The van der Waals surface area contributed by atoms with Crippen molar-refractivity contribution in [2.45, 2.75) is 19.3 Å². The fourth-order valence-electron chi connectivity index (χ4n) is 2.18. The second kappa shape index (κ2) is 4.62. The van der Waals surface area contributed by atoms with E-state index in [1.807, 2.05) is 37.3 Å². The van der Waals surface area contributed by atoms with Crippen molar-refractivity contribution in [2.75, 3.05) is 0 Å². The summed E-state index contributed by atoms with van der Waals surface area (Å²) in [4.78, 5) is 7.70. The number of benzene rings is 1. The first-order chi connectivity index (χ1) is 9.31. The first-order valence-corrected chi connectivity index (χ1v) is 6.25. The van der Waals surface area contributed by atoms with Crippen LogP contribution in [0.3, 0.4) is 0 Å². The summed E-state index contributed by atoms with van der Waals surface area (Å²) < 4.78 is 5.32. The number of nitrogens with zero attached hydrogens (tertiary/aromatic N) is 2. The van der Waals surface area contributed by atoms with Crippen LogP contribution in [0.15, 0.2) is 41.0 Å². The summed E-state index contributed by atoms with van der Waals surface area (Å²) in [6, 6.07) is 11.9. The van der Waals surface area contributed by atoms with Crippen LogP contribution in [-0.4, -0.2) is 9.97 Å². The molecule has 2 heterocycles. The number of aromatic amines is 1. The zero-order valence-electron chi connectivity index (χ0n) is 10.6. The molecule has 0 bridgehead atoms. The summed E-state index contributed by atoms with van der Waals surface area (Å²) in [5.74, 6) is 1.35. The largest absolute Gasteiger partial charge is 0.461 e. The molecule has 1 atom stereocenters. The Kier molecular flexibility index (Phi) is 2.81. The average molecular weight is 251 g/mol. The summed E-state index contributed by atoms with van der Waals surface area (Å²) in [5, 5.41) is 9.12. The lowest BCUT2D eigenvalue weighted by atomic mass is 9.98. The van der Waals surface area contributed by atoms with E-state index in [1.54, 1.807) is 6.26 Å². The lowest BCUT2D eigenvalue weighted by Crippen LogP contribution is -1.92. The Morgan fingerprint density at radius 1 is 1.42 bits per heavy atom. The third-order valence-corrected chi connectivity index (χ3v) is 3.23. The number of furan rings is 1. The van der Waals surface area contributed by atoms with Gasteiger partial charge in [-0.15, -0.1) is 0 Å². The van der Waals surface area contributed by atoms with E-state index >= 15 is 0 Å². The van der Waals surface area contributed by atoms with Gasteiger partial charge in [-0.1, -0.05) is 13.0 Å². The maximum absolute atomic E-state index is 9.12. The molecular weight excluding hydrogens is 238 g/mol. The number of imidazole rings is 1. The van der Waals surface area contributed by atoms with Crippen LogP contribution in [0.5, 0.6) is 0 Å². The fraction of sp³-hybridized carbons (Fsp3) is 0.200. The van der Waals surface area contributed by atoms with Gasteiger partial charge in [0.05, 0.1) is 29.3 Å². The molecule has 3 aromatic rings. The van der Waals surface area contributed by atoms with E-state index in [1.165, 1.54) is 0 Å². The van der Waals surface area contributed by atoms with Crippen molar-refractivity contribution in [3.8, 4) is 17.7 Å². The second-order valence-corrected chi connectivity index (χ2v) is 4.43. The third kappa shape index (κ3) is 2.00. The highest BCUT2D eigenvalue weighted by atomic mass is 16.3. The molecule has 94 valence electrons. The minimum Gasteiger partial charge on any atom is -0.461 e. The summed E-state index contributed by atoms with van der Waals surface area (Å²) in [7, 11) is 0. The monoisotopic (exact) mass is 251 g/mol. The second-order valence-electron chi connectivity index (χ2n) is 4.43. The van der Waals surface area contributed by atoms with Crippen molar-refractivity contribution in [2.24, 2.45) is 0 Å². The Morgan fingerprint density at radius 2 is 2.32 bits per heavy atom. The number of aromatic nitrogens is 2. The molecule has 2 aromatic heterocycles. The van der Waals surface area contributed by atoms with Crippen molar-refractivity contribution < 1.29 is 4.42 Å². The van der Waals surface area contributed by atoms with Crippen molar-refractivity contribution in [1.82, 2.24) is 9.97 Å². The molecule has 0 fully saturated rings. The van der Waals surface area contributed by atoms with E-state index in [0.29, 0.717) is 11.6 Å². The lowest BCUT2D eigenvalue weighted by molar-refractivity contribution is 0.578. The van der Waals surface area contributed by atoms with Gasteiger partial charge in [0.25, 0.3) is 0 Å². The molecule has 19 heavy (non-hydrogen) atoms. The van der Waals surface area contributed by atoms with Gasteiger partial charge in [0, 0.05) is 0 Å². The van der Waals surface area contributed by atoms with E-state index in [9.17, 15) is 0 Å². The molecule has 4 nitrogen and oxygen atoms in total. The van der Waals surface area contributed by atoms with E-state index < -0.39 is 0 Å². The molecule has 0 radical (unpaired) electrons. The molecule has 3 rings (SSSR count). The van der Waals surface area contributed by atoms with Crippen LogP contribution in [0.4, 0.5) is 0 Å². The van der Waals surface area contributed by atoms with Crippen molar-refractivity contribution in [1.29, 1.82) is 5.26 Å². The number of nitrogens with one attached hydrogen (secondary N) is 1. The predicted molar refractivity (Wildman–Crippen MR) is 72.4 cm³/mol. The van der Waals surface area contributed by atoms with Gasteiger partial charge in [-0.25, -0.2) is 4.98 Å². The molecule has 0 aliphatic carbocycles. The van der Waals surface area contributed by atoms with Gasteiger partial charge in [-0.2, -0.15) is 5.26 Å². The molecule has 0 saturated carbocycles. The highest BCUT2D eigenvalue weighted by molar-refractivity contribution is 5.79. The van der Waals surface area contributed by atoms with Gasteiger partial charge in [0.15, 0.2) is 11.6 Å². The Hall–Kier alpha value is -2.54. The van der Waals surface area contributed by atoms with E-state index in [0.717, 1.165) is 23.0 Å². The topological polar surface area (TPSA) is 65.6 Å². The molecule has 0 aliphatic rings. The van der Waals surface area contributed by atoms with E-state index in [4.69, 9.17) is 9.68 Å². The molecule has 1 unspecified atom stereocenters. The summed E-state index contributed by atoms with van der Waals surface area (Å²) >= 11 is 0. The van der Waals surface area contributed by atoms with Crippen LogP contribution < -0.4 is 0 Å². The van der Waals surface area contributed by atoms with Crippen LogP contribution in [0.2, 0.25) is 0 Å². The smallest absolute Gasteiger partial charge is 0.174 e. The van der Waals surface area contributed by atoms with Crippen molar-refractivity contribution in [3.63, 3.8) is 0 Å². The number of hydrogen-bond donors (Lipinski definition) is 1. The number of H-pyrrole nitrogens is 1. The van der Waals surface area contributed by atoms with Crippen molar-refractivity contribution in [3.05, 3.63) is 42.2 Å². The maximum atomic E-state index is 9.12. The van der Waals surface area contributed by atoms with Crippen molar-refractivity contribution >= 4 is 11.0 Å². The third-order valence-electron chi connectivity index (χ3n) is 3.23. The lowest BCUT2D eigenvalue weighted by Gasteiger charge is -2.05. The molecule has 0 amide bonds. The number of rotatable bonds is 3. The van der Waals surface area contributed by atoms with Gasteiger partial charge in [0.2, 0.25) is 0 Å². The van der Waals surface area contributed by atoms with Gasteiger partial charge >= 0.3 is 0 Å². The zero-order chi connectivity index (χ0) is 13.2. The number of hydrogen-bond acceptors (Lipinski definition) is 3. The van der Waals surface area contributed by atoms with Crippen LogP contribution >= 0.6 is 0 Å². The van der Waals surface area contributed by atoms with E-state index in [2.05, 4.69) is 16.0 Å². The molecule has 4 heteroatoms. The fourth-order valence-corrected chi connectivity index (χ4v) is 2.18. The zero-order valence-corrected chi connectivity index (χ0v) is 10.6. The van der Waals surface area contributed by atoms with Crippen LogP contribution in [0, 0.1) is 11.3 Å². The minimum atomic E-state index is -0.0697. The molecular formula is C15H13N3O. The predicted octanol–water partition coefficient (Wildman–Crippen LogP) is 3.84. The van der Waals surface area contributed by atoms with Crippen LogP contribution in [-0.2, 0) is 0 Å². The number of fused-ring (bicyclic) bond motifs is 1. The van der Waals surface area contributed by atoms with Crippen LogP contribution in [0.25, 0.3) is 22.6 Å². The van der Waals surface area contributed by atoms with Gasteiger partial charge in [-0.05, 0) is 36.2 Å². The first kappa shape index (κ1) is 11.5. The van der Waals surface area contributed by atoms with Gasteiger partial charge in [0.1, 0.15) is 0 Å². The SMILES string of the molecule is CCC(C#N)c1ccc2nc(-c3ccco3)[nH]c2c1. The Labute approximate surface area is 110 Å².